The largest absolute Gasteiger partial charge is 0.351 e. The first-order valence-corrected chi connectivity index (χ1v) is 6.77. The highest BCUT2D eigenvalue weighted by Gasteiger charge is 2.10. The summed E-state index contributed by atoms with van der Waals surface area (Å²) in [5.74, 6) is -0.400. The van der Waals surface area contributed by atoms with Crippen LogP contribution in [0.3, 0.4) is 0 Å². The van der Waals surface area contributed by atoms with E-state index in [4.69, 9.17) is 5.26 Å². The lowest BCUT2D eigenvalue weighted by Gasteiger charge is -2.05. The molecular weight excluding hydrogens is 262 g/mol. The molecule has 1 aromatic heterocycles. The first kappa shape index (κ1) is 14.6. The van der Waals surface area contributed by atoms with Gasteiger partial charge in [-0.2, -0.15) is 5.26 Å². The molecule has 0 spiro atoms. The number of aromatic nitrogens is 1. The molecule has 4 nitrogen and oxygen atoms in total. The minimum atomic E-state index is -0.400. The smallest absolute Gasteiger partial charge is 0.266 e. The Morgan fingerprint density at radius 3 is 2.57 bits per heavy atom. The lowest BCUT2D eigenvalue weighted by atomic mass is 10.1. The average molecular weight is 279 g/mol. The molecule has 1 amide bonds. The zero-order chi connectivity index (χ0) is 15.2. The molecule has 0 radical (unpaired) electrons. The van der Waals surface area contributed by atoms with Crippen LogP contribution < -0.4 is 5.32 Å². The predicted octanol–water partition coefficient (Wildman–Crippen LogP) is 3.13. The fraction of sp³-hybridized carbons (Fsp3) is 0.176. The maximum absolute atomic E-state index is 12.1. The van der Waals surface area contributed by atoms with E-state index in [-0.39, 0.29) is 5.57 Å². The number of anilines is 1. The van der Waals surface area contributed by atoms with Gasteiger partial charge in [0.2, 0.25) is 0 Å². The van der Waals surface area contributed by atoms with Crippen LogP contribution in [-0.2, 0) is 18.3 Å². The van der Waals surface area contributed by atoms with Crippen LogP contribution in [0.4, 0.5) is 5.69 Å². The molecule has 106 valence electrons. The maximum Gasteiger partial charge on any atom is 0.266 e. The lowest BCUT2D eigenvalue weighted by Crippen LogP contribution is -2.13. The average Bonchev–Trinajstić information content (AvgIpc) is 2.90. The van der Waals surface area contributed by atoms with Gasteiger partial charge in [0.1, 0.15) is 11.6 Å². The van der Waals surface area contributed by atoms with E-state index >= 15 is 0 Å². The number of carbonyl (C=O) groups is 1. The van der Waals surface area contributed by atoms with Gasteiger partial charge in [-0.25, -0.2) is 0 Å². The molecule has 0 bridgehead atoms. The van der Waals surface area contributed by atoms with Gasteiger partial charge >= 0.3 is 0 Å². The summed E-state index contributed by atoms with van der Waals surface area (Å²) < 4.78 is 1.85. The normalized spacial score (nSPS) is 11.0. The Bertz CT molecular complexity index is 702. The first-order valence-electron chi connectivity index (χ1n) is 6.77. The molecule has 0 saturated carbocycles. The third-order valence-corrected chi connectivity index (χ3v) is 3.26. The van der Waals surface area contributed by atoms with Crippen molar-refractivity contribution in [2.75, 3.05) is 5.32 Å². The standard InChI is InChI=1S/C17H17N3O/c1-3-13-6-8-15(9-7-13)19-17(21)14(12-18)11-16-5-4-10-20(16)2/h4-11H,3H2,1-2H3,(H,19,21)/b14-11-. The van der Waals surface area contributed by atoms with Crippen molar-refractivity contribution in [3.05, 3.63) is 59.4 Å². The van der Waals surface area contributed by atoms with Crippen molar-refractivity contribution in [2.24, 2.45) is 7.05 Å². The summed E-state index contributed by atoms with van der Waals surface area (Å²) in [7, 11) is 1.86. The van der Waals surface area contributed by atoms with Crippen molar-refractivity contribution in [1.29, 1.82) is 5.26 Å². The van der Waals surface area contributed by atoms with Crippen molar-refractivity contribution in [1.82, 2.24) is 4.57 Å². The number of benzene rings is 1. The number of nitrogens with one attached hydrogen (secondary N) is 1. The van der Waals surface area contributed by atoms with Gasteiger partial charge in [0.05, 0.1) is 0 Å². The number of hydrogen-bond acceptors (Lipinski definition) is 2. The number of rotatable bonds is 4. The van der Waals surface area contributed by atoms with E-state index in [9.17, 15) is 4.79 Å². The van der Waals surface area contributed by atoms with Crippen molar-refractivity contribution in [2.45, 2.75) is 13.3 Å². The predicted molar refractivity (Wildman–Crippen MR) is 83.5 cm³/mol. The van der Waals surface area contributed by atoms with Crippen LogP contribution in [0.5, 0.6) is 0 Å². The van der Waals surface area contributed by atoms with E-state index < -0.39 is 5.91 Å². The molecule has 1 N–H and O–H groups in total. The van der Waals surface area contributed by atoms with Gasteiger partial charge in [0, 0.05) is 24.6 Å². The van der Waals surface area contributed by atoms with Crippen molar-refractivity contribution < 1.29 is 4.79 Å². The third-order valence-electron chi connectivity index (χ3n) is 3.26. The second-order valence-corrected chi connectivity index (χ2v) is 4.72. The topological polar surface area (TPSA) is 57.8 Å². The highest BCUT2D eigenvalue weighted by Crippen LogP contribution is 2.13. The highest BCUT2D eigenvalue weighted by molar-refractivity contribution is 6.09. The summed E-state index contributed by atoms with van der Waals surface area (Å²) in [6.45, 7) is 2.07. The summed E-state index contributed by atoms with van der Waals surface area (Å²) in [6.07, 6.45) is 4.39. The Morgan fingerprint density at radius 2 is 2.05 bits per heavy atom. The molecule has 2 aromatic rings. The fourth-order valence-corrected chi connectivity index (χ4v) is 1.94. The molecule has 0 aliphatic heterocycles. The molecule has 0 atom stereocenters. The molecule has 0 saturated heterocycles. The van der Waals surface area contributed by atoms with E-state index in [2.05, 4.69) is 12.2 Å². The zero-order valence-electron chi connectivity index (χ0n) is 12.1. The van der Waals surface area contributed by atoms with E-state index in [0.717, 1.165) is 12.1 Å². The molecule has 4 heteroatoms. The fourth-order valence-electron chi connectivity index (χ4n) is 1.94. The Balaban J connectivity index is 2.15. The number of hydrogen-bond donors (Lipinski definition) is 1. The summed E-state index contributed by atoms with van der Waals surface area (Å²) in [5.41, 5.74) is 2.78. The number of amides is 1. The molecule has 21 heavy (non-hydrogen) atoms. The zero-order valence-corrected chi connectivity index (χ0v) is 12.1. The molecule has 2 rings (SSSR count). The van der Waals surface area contributed by atoms with Crippen LogP contribution >= 0.6 is 0 Å². The van der Waals surface area contributed by atoms with Gasteiger partial charge in [-0.05, 0) is 42.3 Å². The number of nitrogens with zero attached hydrogens (tertiary/aromatic N) is 2. The first-order chi connectivity index (χ1) is 10.1. The lowest BCUT2D eigenvalue weighted by molar-refractivity contribution is -0.112. The summed E-state index contributed by atoms with van der Waals surface area (Å²) in [4.78, 5) is 12.1. The Kier molecular flexibility index (Phi) is 4.57. The van der Waals surface area contributed by atoms with Gasteiger partial charge in [0.25, 0.3) is 5.91 Å². The highest BCUT2D eigenvalue weighted by atomic mass is 16.1. The summed E-state index contributed by atoms with van der Waals surface area (Å²) in [6, 6.07) is 13.3. The van der Waals surface area contributed by atoms with Crippen LogP contribution in [0.1, 0.15) is 18.2 Å². The Morgan fingerprint density at radius 1 is 1.33 bits per heavy atom. The van der Waals surface area contributed by atoms with Crippen molar-refractivity contribution in [3.8, 4) is 6.07 Å². The quantitative estimate of drug-likeness (QED) is 0.690. The van der Waals surface area contributed by atoms with Crippen LogP contribution in [-0.4, -0.2) is 10.5 Å². The monoisotopic (exact) mass is 279 g/mol. The third kappa shape index (κ3) is 3.61. The molecule has 1 aromatic carbocycles. The second kappa shape index (κ2) is 6.58. The minimum Gasteiger partial charge on any atom is -0.351 e. The molecule has 1 heterocycles. The number of nitriles is 1. The Labute approximate surface area is 124 Å². The SMILES string of the molecule is CCc1ccc(NC(=O)/C(C#N)=C\c2cccn2C)cc1. The van der Waals surface area contributed by atoms with Gasteiger partial charge < -0.3 is 9.88 Å². The summed E-state index contributed by atoms with van der Waals surface area (Å²) >= 11 is 0. The van der Waals surface area contributed by atoms with Crippen LogP contribution in [0.15, 0.2) is 48.2 Å². The number of aryl methyl sites for hydroxylation is 2. The van der Waals surface area contributed by atoms with Gasteiger partial charge in [0.15, 0.2) is 0 Å². The van der Waals surface area contributed by atoms with E-state index in [1.54, 1.807) is 6.08 Å². The molecule has 0 aliphatic rings. The van der Waals surface area contributed by atoms with E-state index in [0.29, 0.717) is 5.69 Å². The maximum atomic E-state index is 12.1. The summed E-state index contributed by atoms with van der Waals surface area (Å²) in [5, 5.41) is 11.9. The van der Waals surface area contributed by atoms with Crippen LogP contribution in [0, 0.1) is 11.3 Å². The van der Waals surface area contributed by atoms with Crippen molar-refractivity contribution in [3.63, 3.8) is 0 Å². The molecular formula is C17H17N3O. The van der Waals surface area contributed by atoms with Crippen LogP contribution in [0.2, 0.25) is 0 Å². The molecule has 0 fully saturated rings. The minimum absolute atomic E-state index is 0.0800. The number of carbonyl (C=O) groups excluding carboxylic acids is 1. The van der Waals surface area contributed by atoms with Crippen molar-refractivity contribution >= 4 is 17.7 Å². The van der Waals surface area contributed by atoms with Gasteiger partial charge in [-0.15, -0.1) is 0 Å². The van der Waals surface area contributed by atoms with Gasteiger partial charge in [-0.3, -0.25) is 4.79 Å². The Hall–Kier alpha value is -2.80. The van der Waals surface area contributed by atoms with E-state index in [1.165, 1.54) is 5.56 Å². The molecule has 0 unspecified atom stereocenters. The van der Waals surface area contributed by atoms with Gasteiger partial charge in [-0.1, -0.05) is 19.1 Å². The molecule has 0 aliphatic carbocycles. The van der Waals surface area contributed by atoms with Crippen LogP contribution in [0.25, 0.3) is 6.08 Å². The van der Waals surface area contributed by atoms with E-state index in [1.807, 2.05) is 60.3 Å². The second-order valence-electron chi connectivity index (χ2n) is 4.72.